The van der Waals surface area contributed by atoms with Gasteiger partial charge in [-0.25, -0.2) is 8.42 Å². The average Bonchev–Trinajstić information content (AvgIpc) is 2.72. The number of non-ortho nitro benzene ring substituents is 1. The van der Waals surface area contributed by atoms with Crippen LogP contribution in [0.25, 0.3) is 0 Å². The Morgan fingerprint density at radius 3 is 2.25 bits per heavy atom. The largest absolute Gasteiger partial charge is 0.326 e. The Labute approximate surface area is 192 Å². The van der Waals surface area contributed by atoms with Crippen LogP contribution in [0.5, 0.6) is 0 Å². The highest BCUT2D eigenvalue weighted by molar-refractivity contribution is 7.92. The molecular weight excluding hydrogens is 450 g/mol. The normalized spacial score (nSPS) is 28.6. The highest BCUT2D eigenvalue weighted by atomic mass is 35.5. The lowest BCUT2D eigenvalue weighted by Crippen LogP contribution is -2.48. The molecule has 0 aromatic heterocycles. The van der Waals surface area contributed by atoms with Gasteiger partial charge in [0, 0.05) is 18.7 Å². The van der Waals surface area contributed by atoms with Gasteiger partial charge in [0.15, 0.2) is 0 Å². The summed E-state index contributed by atoms with van der Waals surface area (Å²) in [6.07, 6.45) is 7.67. The molecule has 7 nitrogen and oxygen atoms in total. The van der Waals surface area contributed by atoms with E-state index in [4.69, 9.17) is 17.3 Å². The topological polar surface area (TPSA) is 115 Å². The fourth-order valence-corrected chi connectivity index (χ4v) is 8.29. The van der Waals surface area contributed by atoms with E-state index in [1.54, 1.807) is 6.07 Å². The molecule has 2 aromatic carbocycles. The summed E-state index contributed by atoms with van der Waals surface area (Å²) in [6.45, 7) is 0.181. The molecule has 0 aliphatic heterocycles. The second kappa shape index (κ2) is 7.71. The summed E-state index contributed by atoms with van der Waals surface area (Å²) in [4.78, 5) is 10.1. The molecule has 4 aliphatic rings. The monoisotopic (exact) mass is 475 g/mol. The summed E-state index contributed by atoms with van der Waals surface area (Å²) < 4.78 is 28.6. The quantitative estimate of drug-likeness (QED) is 0.451. The highest BCUT2D eigenvalue weighted by Crippen LogP contribution is 2.60. The van der Waals surface area contributed by atoms with Gasteiger partial charge in [-0.3, -0.25) is 14.8 Å². The molecule has 0 saturated heterocycles. The summed E-state index contributed by atoms with van der Waals surface area (Å²) in [5.41, 5.74) is 8.20. The van der Waals surface area contributed by atoms with Crippen LogP contribution in [-0.4, -0.2) is 13.3 Å². The van der Waals surface area contributed by atoms with E-state index in [2.05, 4.69) is 10.8 Å². The van der Waals surface area contributed by atoms with Gasteiger partial charge in [0.05, 0.1) is 15.6 Å². The van der Waals surface area contributed by atoms with Gasteiger partial charge in [0.25, 0.3) is 15.7 Å². The number of nitrogens with one attached hydrogen (secondary N) is 1. The van der Waals surface area contributed by atoms with E-state index in [1.165, 1.54) is 56.2 Å². The predicted octanol–water partition coefficient (Wildman–Crippen LogP) is 4.98. The number of hydrogen-bond donors (Lipinski definition) is 2. The van der Waals surface area contributed by atoms with E-state index in [1.807, 2.05) is 6.07 Å². The predicted molar refractivity (Wildman–Crippen MR) is 123 cm³/mol. The molecule has 0 heterocycles. The number of anilines is 1. The van der Waals surface area contributed by atoms with Gasteiger partial charge in [-0.15, -0.1) is 0 Å². The van der Waals surface area contributed by atoms with E-state index in [-0.39, 0.29) is 27.6 Å². The number of sulfonamides is 1. The van der Waals surface area contributed by atoms with Crippen LogP contribution in [0.2, 0.25) is 5.02 Å². The second-order valence-corrected chi connectivity index (χ2v) is 11.8. The number of hydrogen-bond acceptors (Lipinski definition) is 5. The van der Waals surface area contributed by atoms with E-state index >= 15 is 0 Å². The molecule has 4 fully saturated rings. The zero-order valence-corrected chi connectivity index (χ0v) is 19.2. The smallest absolute Gasteiger partial charge is 0.270 e. The Morgan fingerprint density at radius 1 is 1.06 bits per heavy atom. The molecule has 6 rings (SSSR count). The molecule has 32 heavy (non-hydrogen) atoms. The molecule has 0 spiro atoms. The van der Waals surface area contributed by atoms with Gasteiger partial charge in [-0.1, -0.05) is 23.7 Å². The van der Waals surface area contributed by atoms with Crippen LogP contribution in [0.3, 0.4) is 0 Å². The van der Waals surface area contributed by atoms with Crippen LogP contribution >= 0.6 is 11.6 Å². The van der Waals surface area contributed by atoms with E-state index in [0.29, 0.717) is 11.3 Å². The van der Waals surface area contributed by atoms with E-state index in [9.17, 15) is 18.5 Å². The molecule has 4 saturated carbocycles. The van der Waals surface area contributed by atoms with Crippen LogP contribution in [0.1, 0.15) is 49.7 Å². The van der Waals surface area contributed by atoms with Gasteiger partial charge in [-0.05, 0) is 85.0 Å². The maximum Gasteiger partial charge on any atom is 0.270 e. The first-order valence-electron chi connectivity index (χ1n) is 11.0. The summed E-state index contributed by atoms with van der Waals surface area (Å²) in [6, 6.07) is 9.22. The molecule has 0 atom stereocenters. The van der Waals surface area contributed by atoms with Gasteiger partial charge in [0.1, 0.15) is 4.90 Å². The van der Waals surface area contributed by atoms with Gasteiger partial charge >= 0.3 is 0 Å². The molecular formula is C23H26ClN3O4S. The van der Waals surface area contributed by atoms with Crippen molar-refractivity contribution in [3.05, 3.63) is 62.7 Å². The number of nitro benzene ring substituents is 1. The first kappa shape index (κ1) is 21.7. The number of rotatable bonds is 6. The third-order valence-corrected chi connectivity index (χ3v) is 9.48. The first-order chi connectivity index (χ1) is 15.2. The van der Waals surface area contributed by atoms with Gasteiger partial charge in [-0.2, -0.15) is 0 Å². The zero-order valence-electron chi connectivity index (χ0n) is 17.6. The molecule has 4 bridgehead atoms. The number of benzene rings is 2. The van der Waals surface area contributed by atoms with Gasteiger partial charge in [0.2, 0.25) is 0 Å². The maximum atomic E-state index is 13.0. The van der Waals surface area contributed by atoms with E-state index < -0.39 is 14.9 Å². The minimum Gasteiger partial charge on any atom is -0.326 e. The molecule has 0 unspecified atom stereocenters. The Hall–Kier alpha value is -2.16. The Balaban J connectivity index is 1.47. The average molecular weight is 476 g/mol. The summed E-state index contributed by atoms with van der Waals surface area (Å²) in [5, 5.41) is 11.0. The molecule has 9 heteroatoms. The van der Waals surface area contributed by atoms with Crippen molar-refractivity contribution in [2.45, 2.75) is 55.4 Å². The number of nitro groups is 1. The lowest BCUT2D eigenvalue weighted by Gasteiger charge is -2.57. The Morgan fingerprint density at radius 2 is 1.69 bits per heavy atom. The van der Waals surface area contributed by atoms with Crippen molar-refractivity contribution in [1.82, 2.24) is 0 Å². The third kappa shape index (κ3) is 3.68. The van der Waals surface area contributed by atoms with Crippen molar-refractivity contribution in [3.8, 4) is 0 Å². The van der Waals surface area contributed by atoms with Crippen molar-refractivity contribution in [2.24, 2.45) is 23.5 Å². The van der Waals surface area contributed by atoms with Gasteiger partial charge < -0.3 is 5.73 Å². The van der Waals surface area contributed by atoms with Crippen LogP contribution in [-0.2, 0) is 22.0 Å². The number of nitrogens with two attached hydrogens (primary N) is 1. The number of nitrogens with zero attached hydrogens (tertiary/aromatic N) is 1. The van der Waals surface area contributed by atoms with Crippen molar-refractivity contribution in [2.75, 3.05) is 4.72 Å². The summed E-state index contributed by atoms with van der Waals surface area (Å²) in [5.74, 6) is 2.41. The van der Waals surface area contributed by atoms with Crippen LogP contribution in [0.4, 0.5) is 11.4 Å². The zero-order chi connectivity index (χ0) is 22.7. The fraction of sp³-hybridized carbons (Fsp3) is 0.478. The fourth-order valence-electron chi connectivity index (χ4n) is 6.67. The minimum absolute atomic E-state index is 0.0809. The molecule has 4 aliphatic carbocycles. The van der Waals surface area contributed by atoms with Crippen molar-refractivity contribution in [3.63, 3.8) is 0 Å². The molecule has 0 amide bonds. The molecule has 170 valence electrons. The van der Waals surface area contributed by atoms with Crippen LogP contribution in [0.15, 0.2) is 41.3 Å². The Bertz CT molecular complexity index is 1160. The lowest BCUT2D eigenvalue weighted by molar-refractivity contribution is -0.385. The van der Waals surface area contributed by atoms with Crippen LogP contribution < -0.4 is 10.5 Å². The van der Waals surface area contributed by atoms with Crippen molar-refractivity contribution < 1.29 is 13.3 Å². The minimum atomic E-state index is -4.13. The number of halogens is 1. The Kier molecular flexibility index (Phi) is 5.22. The van der Waals surface area contributed by atoms with Crippen molar-refractivity contribution in [1.29, 1.82) is 0 Å². The molecule has 3 N–H and O–H groups in total. The maximum absolute atomic E-state index is 13.0. The standard InChI is InChI=1S/C23H26ClN3O4S/c24-20-3-2-19(27(28)29)9-22(20)32(30,31)26-21-4-1-18(8-17(21)13-25)23-10-14-5-15(11-23)7-16(6-14)12-23/h1-4,8-9,14-16,26H,5-7,10-13,25H2. The SMILES string of the molecule is NCc1cc(C23CC4CC(CC(C4)C2)C3)ccc1NS(=O)(=O)c1cc([N+](=O)[O-])ccc1Cl. The molecule has 2 aromatic rings. The lowest BCUT2D eigenvalue weighted by atomic mass is 9.48. The summed E-state index contributed by atoms with van der Waals surface area (Å²) in [7, 11) is -4.13. The molecule has 0 radical (unpaired) electrons. The van der Waals surface area contributed by atoms with E-state index in [0.717, 1.165) is 23.8 Å². The van der Waals surface area contributed by atoms with Crippen LogP contribution in [0, 0.1) is 27.9 Å². The van der Waals surface area contributed by atoms with Crippen molar-refractivity contribution >= 4 is 33.0 Å². The first-order valence-corrected chi connectivity index (χ1v) is 12.9. The summed E-state index contributed by atoms with van der Waals surface area (Å²) >= 11 is 6.06. The highest BCUT2D eigenvalue weighted by Gasteiger charge is 2.51. The second-order valence-electron chi connectivity index (χ2n) is 9.75. The third-order valence-electron chi connectivity index (χ3n) is 7.64.